The van der Waals surface area contributed by atoms with E-state index in [-0.39, 0.29) is 12.3 Å². The van der Waals surface area contributed by atoms with Crippen LogP contribution in [0.25, 0.3) is 0 Å². The van der Waals surface area contributed by atoms with E-state index in [1.165, 1.54) is 0 Å². The van der Waals surface area contributed by atoms with Crippen molar-refractivity contribution in [2.75, 3.05) is 6.54 Å². The highest BCUT2D eigenvalue weighted by Gasteiger charge is 2.41. The molecular formula is C10H15NO3. The van der Waals surface area contributed by atoms with E-state index in [1.807, 2.05) is 0 Å². The van der Waals surface area contributed by atoms with E-state index in [9.17, 15) is 9.59 Å². The zero-order valence-corrected chi connectivity index (χ0v) is 8.27. The third-order valence-electron chi connectivity index (χ3n) is 3.30. The molecule has 1 saturated carbocycles. The van der Waals surface area contributed by atoms with Crippen molar-refractivity contribution in [3.8, 4) is 0 Å². The monoisotopic (exact) mass is 197 g/mol. The van der Waals surface area contributed by atoms with Crippen LogP contribution in [0.3, 0.4) is 0 Å². The van der Waals surface area contributed by atoms with Gasteiger partial charge in [0.2, 0.25) is 5.91 Å². The van der Waals surface area contributed by atoms with E-state index in [1.54, 1.807) is 4.90 Å². The first-order valence-electron chi connectivity index (χ1n) is 5.10. The topological polar surface area (TPSA) is 57.6 Å². The fraction of sp³-hybridized carbons (Fsp3) is 0.800. The highest BCUT2D eigenvalue weighted by atomic mass is 16.4. The Balaban J connectivity index is 1.95. The van der Waals surface area contributed by atoms with Gasteiger partial charge < -0.3 is 10.0 Å². The lowest BCUT2D eigenvalue weighted by molar-refractivity contribution is -0.141. The minimum absolute atomic E-state index is 0.0225. The number of amides is 1. The number of hydrogen-bond acceptors (Lipinski definition) is 2. The molecule has 0 aromatic rings. The van der Waals surface area contributed by atoms with Crippen molar-refractivity contribution in [1.82, 2.24) is 4.90 Å². The molecule has 1 saturated heterocycles. The molecule has 1 N–H and O–H groups in total. The van der Waals surface area contributed by atoms with E-state index in [4.69, 9.17) is 5.11 Å². The quantitative estimate of drug-likeness (QED) is 0.709. The molecule has 14 heavy (non-hydrogen) atoms. The van der Waals surface area contributed by atoms with Crippen LogP contribution in [0.15, 0.2) is 0 Å². The SMILES string of the molecule is CC1CC(N2CC(C(=O)O)CC2=O)C1. The highest BCUT2D eigenvalue weighted by Crippen LogP contribution is 2.34. The first-order valence-corrected chi connectivity index (χ1v) is 5.10. The standard InChI is InChI=1S/C10H15NO3/c1-6-2-8(3-6)11-5-7(10(13)14)4-9(11)12/h6-8H,2-5H2,1H3,(H,13,14). The summed E-state index contributed by atoms with van der Waals surface area (Å²) >= 11 is 0. The Morgan fingerprint density at radius 3 is 2.57 bits per heavy atom. The molecule has 1 aliphatic carbocycles. The van der Waals surface area contributed by atoms with E-state index in [0.29, 0.717) is 18.5 Å². The third kappa shape index (κ3) is 1.49. The number of carbonyl (C=O) groups is 2. The van der Waals surface area contributed by atoms with Crippen molar-refractivity contribution in [3.63, 3.8) is 0 Å². The summed E-state index contributed by atoms with van der Waals surface area (Å²) in [5.41, 5.74) is 0. The van der Waals surface area contributed by atoms with Gasteiger partial charge in [-0.1, -0.05) is 6.92 Å². The summed E-state index contributed by atoms with van der Waals surface area (Å²) in [6.07, 6.45) is 2.27. The van der Waals surface area contributed by atoms with Crippen LogP contribution in [-0.4, -0.2) is 34.5 Å². The molecule has 0 aromatic heterocycles. The van der Waals surface area contributed by atoms with Gasteiger partial charge in [-0.25, -0.2) is 0 Å². The Morgan fingerprint density at radius 2 is 2.14 bits per heavy atom. The number of aliphatic carboxylic acids is 1. The van der Waals surface area contributed by atoms with Crippen molar-refractivity contribution in [2.24, 2.45) is 11.8 Å². The maximum Gasteiger partial charge on any atom is 0.308 e. The largest absolute Gasteiger partial charge is 0.481 e. The third-order valence-corrected chi connectivity index (χ3v) is 3.30. The Hall–Kier alpha value is -1.06. The normalized spacial score (nSPS) is 37.1. The Labute approximate surface area is 82.9 Å². The first-order chi connectivity index (χ1) is 6.58. The molecule has 4 nitrogen and oxygen atoms in total. The molecule has 1 atom stereocenters. The lowest BCUT2D eigenvalue weighted by atomic mass is 9.81. The Bertz CT molecular complexity index is 271. The Kier molecular flexibility index (Phi) is 2.21. The summed E-state index contributed by atoms with van der Waals surface area (Å²) in [7, 11) is 0. The minimum Gasteiger partial charge on any atom is -0.481 e. The summed E-state index contributed by atoms with van der Waals surface area (Å²) < 4.78 is 0. The summed E-state index contributed by atoms with van der Waals surface area (Å²) in [6.45, 7) is 2.58. The summed E-state index contributed by atoms with van der Waals surface area (Å²) in [6, 6.07) is 0.321. The van der Waals surface area contributed by atoms with Crippen LogP contribution in [-0.2, 0) is 9.59 Å². The van der Waals surface area contributed by atoms with Gasteiger partial charge in [-0.2, -0.15) is 0 Å². The smallest absolute Gasteiger partial charge is 0.308 e. The zero-order chi connectivity index (χ0) is 10.3. The number of carbonyl (C=O) groups excluding carboxylic acids is 1. The summed E-state index contributed by atoms with van der Waals surface area (Å²) in [5.74, 6) is -0.599. The number of carboxylic acid groups (broad SMARTS) is 1. The van der Waals surface area contributed by atoms with Gasteiger partial charge in [0.1, 0.15) is 0 Å². The van der Waals surface area contributed by atoms with Crippen LogP contribution >= 0.6 is 0 Å². The number of carboxylic acids is 1. The molecule has 2 aliphatic rings. The second kappa shape index (κ2) is 3.26. The lowest BCUT2D eigenvalue weighted by Gasteiger charge is -2.39. The highest BCUT2D eigenvalue weighted by molar-refractivity contribution is 5.86. The number of nitrogens with zero attached hydrogens (tertiary/aromatic N) is 1. The van der Waals surface area contributed by atoms with Gasteiger partial charge in [0.25, 0.3) is 0 Å². The Morgan fingerprint density at radius 1 is 1.50 bits per heavy atom. The lowest BCUT2D eigenvalue weighted by Crippen LogP contribution is -2.44. The molecule has 78 valence electrons. The van der Waals surface area contributed by atoms with Crippen LogP contribution in [0, 0.1) is 11.8 Å². The zero-order valence-electron chi connectivity index (χ0n) is 8.27. The molecule has 1 unspecified atom stereocenters. The van der Waals surface area contributed by atoms with Crippen molar-refractivity contribution in [3.05, 3.63) is 0 Å². The van der Waals surface area contributed by atoms with Crippen molar-refractivity contribution in [2.45, 2.75) is 32.2 Å². The molecule has 1 amide bonds. The van der Waals surface area contributed by atoms with Crippen molar-refractivity contribution < 1.29 is 14.7 Å². The maximum atomic E-state index is 11.5. The van der Waals surface area contributed by atoms with E-state index in [0.717, 1.165) is 12.8 Å². The van der Waals surface area contributed by atoms with Crippen molar-refractivity contribution in [1.29, 1.82) is 0 Å². The average molecular weight is 197 g/mol. The number of rotatable bonds is 2. The van der Waals surface area contributed by atoms with Gasteiger partial charge in [0, 0.05) is 19.0 Å². The molecule has 1 aliphatic heterocycles. The van der Waals surface area contributed by atoms with Crippen LogP contribution in [0.2, 0.25) is 0 Å². The molecule has 0 spiro atoms. The number of hydrogen-bond donors (Lipinski definition) is 1. The summed E-state index contributed by atoms with van der Waals surface area (Å²) in [4.78, 5) is 24.0. The average Bonchev–Trinajstić information content (AvgIpc) is 2.42. The van der Waals surface area contributed by atoms with Gasteiger partial charge in [-0.15, -0.1) is 0 Å². The molecule has 2 rings (SSSR count). The number of likely N-dealkylation sites (tertiary alicyclic amines) is 1. The van der Waals surface area contributed by atoms with Crippen LogP contribution in [0.5, 0.6) is 0 Å². The van der Waals surface area contributed by atoms with Gasteiger partial charge >= 0.3 is 5.97 Å². The molecule has 4 heteroatoms. The van der Waals surface area contributed by atoms with Crippen LogP contribution in [0.1, 0.15) is 26.2 Å². The second-order valence-electron chi connectivity index (χ2n) is 4.52. The molecule has 0 aromatic carbocycles. The van der Waals surface area contributed by atoms with Crippen LogP contribution < -0.4 is 0 Å². The molecule has 1 heterocycles. The fourth-order valence-electron chi connectivity index (χ4n) is 2.36. The van der Waals surface area contributed by atoms with Gasteiger partial charge in [-0.05, 0) is 18.8 Å². The molecule has 0 radical (unpaired) electrons. The molecule has 2 fully saturated rings. The first kappa shape index (κ1) is 9.49. The molecule has 0 bridgehead atoms. The second-order valence-corrected chi connectivity index (χ2v) is 4.52. The van der Waals surface area contributed by atoms with Gasteiger partial charge in [-0.3, -0.25) is 9.59 Å². The maximum absolute atomic E-state index is 11.5. The minimum atomic E-state index is -0.840. The van der Waals surface area contributed by atoms with Crippen molar-refractivity contribution >= 4 is 11.9 Å². The van der Waals surface area contributed by atoms with Gasteiger partial charge in [0.05, 0.1) is 5.92 Å². The predicted molar refractivity (Wildman–Crippen MR) is 49.6 cm³/mol. The van der Waals surface area contributed by atoms with Crippen LogP contribution in [0.4, 0.5) is 0 Å². The summed E-state index contributed by atoms with van der Waals surface area (Å²) in [5, 5.41) is 8.79. The van der Waals surface area contributed by atoms with E-state index in [2.05, 4.69) is 6.92 Å². The van der Waals surface area contributed by atoms with E-state index >= 15 is 0 Å². The molecular weight excluding hydrogens is 182 g/mol. The van der Waals surface area contributed by atoms with E-state index < -0.39 is 11.9 Å². The van der Waals surface area contributed by atoms with Gasteiger partial charge in [0.15, 0.2) is 0 Å². The predicted octanol–water partition coefficient (Wildman–Crippen LogP) is 0.718. The fourth-order valence-corrected chi connectivity index (χ4v) is 2.36.